The third-order valence-corrected chi connectivity index (χ3v) is 10.3. The van der Waals surface area contributed by atoms with Crippen LogP contribution in [-0.4, -0.2) is 90.8 Å². The van der Waals surface area contributed by atoms with Gasteiger partial charge in [0.25, 0.3) is 5.89 Å². The van der Waals surface area contributed by atoms with Crippen LogP contribution in [0.3, 0.4) is 0 Å². The molecule has 12 nitrogen and oxygen atoms in total. The van der Waals surface area contributed by atoms with E-state index in [-0.39, 0.29) is 5.89 Å². The molecule has 2 fully saturated rings. The van der Waals surface area contributed by atoms with E-state index in [1.165, 1.54) is 11.3 Å². The number of hydrogen-bond acceptors (Lipinski definition) is 12. The molecule has 0 spiro atoms. The van der Waals surface area contributed by atoms with Crippen LogP contribution in [0.5, 0.6) is 5.75 Å². The zero-order valence-electron chi connectivity index (χ0n) is 27.3. The first-order valence-corrected chi connectivity index (χ1v) is 18.6. The van der Waals surface area contributed by atoms with Gasteiger partial charge in [-0.25, -0.2) is 4.98 Å². The van der Waals surface area contributed by atoms with E-state index in [0.717, 1.165) is 75.3 Å². The molecule has 2 aromatic heterocycles. The van der Waals surface area contributed by atoms with Crippen LogP contribution in [0.15, 0.2) is 47.1 Å². The maximum absolute atomic E-state index is 13.1. The molecule has 0 bridgehead atoms. The van der Waals surface area contributed by atoms with E-state index in [2.05, 4.69) is 59.9 Å². The van der Waals surface area contributed by atoms with Gasteiger partial charge in [0.05, 0.1) is 18.5 Å². The number of aromatic nitrogens is 4. The Hall–Kier alpha value is -3.99. The van der Waals surface area contributed by atoms with Crippen molar-refractivity contribution in [2.75, 3.05) is 75.2 Å². The number of ether oxygens (including phenoxy) is 1. The molecule has 2 aliphatic heterocycles. The summed E-state index contributed by atoms with van der Waals surface area (Å²) in [4.78, 5) is 19.0. The molecular weight excluding hydrogens is 601 g/mol. The molecule has 4 aromatic rings. The zero-order valence-corrected chi connectivity index (χ0v) is 28.2. The second-order valence-corrected chi connectivity index (χ2v) is 15.4. The normalized spacial score (nSPS) is 16.4. The van der Waals surface area contributed by atoms with E-state index in [1.54, 1.807) is 33.6 Å². The Morgan fingerprint density at radius 2 is 1.80 bits per heavy atom. The molecule has 2 aromatic carbocycles. The molecule has 13 heteroatoms. The van der Waals surface area contributed by atoms with Crippen LogP contribution in [0.4, 0.5) is 28.8 Å². The zero-order chi connectivity index (χ0) is 32.3. The number of piperazine rings is 1. The number of methoxy groups -OCH3 is 1. The second kappa shape index (κ2) is 13.8. The fourth-order valence-electron chi connectivity index (χ4n) is 6.37. The minimum absolute atomic E-state index is 0.288. The lowest BCUT2D eigenvalue weighted by Gasteiger charge is -2.41. The Morgan fingerprint density at radius 3 is 2.48 bits per heavy atom. The van der Waals surface area contributed by atoms with E-state index in [1.807, 2.05) is 24.3 Å². The average molecular weight is 646 g/mol. The van der Waals surface area contributed by atoms with Gasteiger partial charge in [0.15, 0.2) is 5.82 Å². The number of nitrogens with one attached hydrogen (secondary N) is 3. The number of benzene rings is 2. The van der Waals surface area contributed by atoms with Crippen LogP contribution in [0.25, 0.3) is 11.5 Å². The van der Waals surface area contributed by atoms with Gasteiger partial charge in [0, 0.05) is 68.6 Å². The van der Waals surface area contributed by atoms with Gasteiger partial charge in [0.1, 0.15) is 24.3 Å². The van der Waals surface area contributed by atoms with Gasteiger partial charge >= 0.3 is 0 Å². The predicted molar refractivity (Wildman–Crippen MR) is 184 cm³/mol. The van der Waals surface area contributed by atoms with E-state index < -0.39 is 7.14 Å². The van der Waals surface area contributed by atoms with Crippen molar-refractivity contribution in [1.29, 1.82) is 0 Å². The van der Waals surface area contributed by atoms with Crippen molar-refractivity contribution >= 4 is 41.3 Å². The fraction of sp³-hybridized carbons (Fsp3) is 0.455. The maximum Gasteiger partial charge on any atom is 0.263 e. The Labute approximate surface area is 270 Å². The first kappa shape index (κ1) is 32.0. The molecule has 0 aliphatic carbocycles. The minimum Gasteiger partial charge on any atom is -0.494 e. The second-order valence-electron chi connectivity index (χ2n) is 12.3. The van der Waals surface area contributed by atoms with Crippen LogP contribution in [0.1, 0.15) is 31.2 Å². The van der Waals surface area contributed by atoms with Crippen LogP contribution in [0.2, 0.25) is 0 Å². The first-order chi connectivity index (χ1) is 22.2. The summed E-state index contributed by atoms with van der Waals surface area (Å²) in [7, 11) is -0.901. The van der Waals surface area contributed by atoms with E-state index in [4.69, 9.17) is 14.2 Å². The topological polar surface area (TPSA) is 134 Å². The van der Waals surface area contributed by atoms with Gasteiger partial charge in [-0.1, -0.05) is 24.2 Å². The molecule has 0 saturated carbocycles. The Morgan fingerprint density at radius 1 is 1.04 bits per heavy atom. The molecular formula is C33H44N9O3P. The number of aryl methyl sites for hydroxylation is 2. The van der Waals surface area contributed by atoms with Gasteiger partial charge in [-0.2, -0.15) is 9.97 Å². The molecule has 3 N–H and O–H groups in total. The van der Waals surface area contributed by atoms with Crippen molar-refractivity contribution in [3.8, 4) is 17.2 Å². The van der Waals surface area contributed by atoms with Crippen LogP contribution < -0.4 is 30.9 Å². The van der Waals surface area contributed by atoms with Crippen molar-refractivity contribution in [2.24, 2.45) is 0 Å². The lowest BCUT2D eigenvalue weighted by molar-refractivity contribution is 0.150. The third-order valence-electron chi connectivity index (χ3n) is 8.79. The Balaban J connectivity index is 1.28. The Bertz CT molecular complexity index is 1710. The SMILES string of the molecule is CCc1cc(Nc2ncc(-c3nc(C)no3)c(Nc3ccccc3P(C)(C)=O)n2)c(OC)cc1N1CCC(N2CCNCC2)CC1. The molecule has 2 saturated heterocycles. The standard InChI is InChI=1S/C33H44N9O3P/c1-6-23-19-27(29(44-3)20-28(23)42-15-11-24(12-16-42)41-17-13-34-14-18-41)38-33-35-21-25(32-36-22(2)40-45-32)31(39-33)37-26-9-7-8-10-30(26)46(4,5)43/h7-10,19-21,24,34H,6,11-18H2,1-5H3,(H2,35,37,38,39). The van der Waals surface area contributed by atoms with Gasteiger partial charge < -0.3 is 34.7 Å². The summed E-state index contributed by atoms with van der Waals surface area (Å²) in [5, 5.41) is 14.9. The van der Waals surface area contributed by atoms with E-state index >= 15 is 0 Å². The average Bonchev–Trinajstić information content (AvgIpc) is 3.50. The lowest BCUT2D eigenvalue weighted by atomic mass is 9.99. The predicted octanol–water partition coefficient (Wildman–Crippen LogP) is 5.02. The molecule has 0 amide bonds. The minimum atomic E-state index is -2.59. The third kappa shape index (κ3) is 7.04. The highest BCUT2D eigenvalue weighted by molar-refractivity contribution is 7.70. The number of hydrogen-bond donors (Lipinski definition) is 3. The quantitative estimate of drug-likeness (QED) is 0.200. The van der Waals surface area contributed by atoms with Crippen LogP contribution in [0, 0.1) is 6.92 Å². The molecule has 2 aliphatic rings. The summed E-state index contributed by atoms with van der Waals surface area (Å²) in [6.45, 7) is 13.9. The van der Waals surface area contributed by atoms with Crippen molar-refractivity contribution in [1.82, 2.24) is 30.3 Å². The van der Waals surface area contributed by atoms with Crippen molar-refractivity contribution < 1.29 is 13.8 Å². The molecule has 46 heavy (non-hydrogen) atoms. The smallest absolute Gasteiger partial charge is 0.263 e. The number of rotatable bonds is 10. The lowest BCUT2D eigenvalue weighted by Crippen LogP contribution is -2.52. The highest BCUT2D eigenvalue weighted by atomic mass is 31.2. The van der Waals surface area contributed by atoms with Crippen molar-refractivity contribution in [3.63, 3.8) is 0 Å². The highest BCUT2D eigenvalue weighted by Crippen LogP contribution is 2.40. The van der Waals surface area contributed by atoms with Gasteiger partial charge in [-0.3, -0.25) is 4.90 Å². The van der Waals surface area contributed by atoms with Gasteiger partial charge in [-0.15, -0.1) is 0 Å². The number of piperidine rings is 1. The van der Waals surface area contributed by atoms with Gasteiger partial charge in [-0.05, 0) is 63.3 Å². The molecule has 0 radical (unpaired) electrons. The summed E-state index contributed by atoms with van der Waals surface area (Å²) in [6.07, 6.45) is 4.85. The van der Waals surface area contributed by atoms with E-state index in [9.17, 15) is 4.57 Å². The molecule has 244 valence electrons. The first-order valence-electron chi connectivity index (χ1n) is 16.0. The number of anilines is 5. The number of para-hydroxylation sites is 1. The number of nitrogens with zero attached hydrogens (tertiary/aromatic N) is 6. The summed E-state index contributed by atoms with van der Waals surface area (Å²) in [6, 6.07) is 12.5. The summed E-state index contributed by atoms with van der Waals surface area (Å²) < 4.78 is 24.5. The summed E-state index contributed by atoms with van der Waals surface area (Å²) >= 11 is 0. The highest BCUT2D eigenvalue weighted by Gasteiger charge is 2.27. The van der Waals surface area contributed by atoms with E-state index in [0.29, 0.717) is 34.9 Å². The molecule has 4 heterocycles. The monoisotopic (exact) mass is 645 g/mol. The van der Waals surface area contributed by atoms with Crippen LogP contribution in [-0.2, 0) is 11.0 Å². The maximum atomic E-state index is 13.1. The van der Waals surface area contributed by atoms with Crippen molar-refractivity contribution in [2.45, 2.75) is 39.2 Å². The molecule has 0 atom stereocenters. The Kier molecular flexibility index (Phi) is 9.58. The summed E-state index contributed by atoms with van der Waals surface area (Å²) in [5.74, 6) is 2.31. The molecule has 0 unspecified atom stereocenters. The van der Waals surface area contributed by atoms with Gasteiger partial charge in [0.2, 0.25) is 5.95 Å². The summed E-state index contributed by atoms with van der Waals surface area (Å²) in [5.41, 5.74) is 4.45. The van der Waals surface area contributed by atoms with Crippen LogP contribution >= 0.6 is 7.14 Å². The molecule has 6 rings (SSSR count). The fourth-order valence-corrected chi connectivity index (χ4v) is 7.53. The van der Waals surface area contributed by atoms with Crippen molar-refractivity contribution in [3.05, 3.63) is 54.0 Å². The largest absolute Gasteiger partial charge is 0.494 e.